The number of nitrogens with zero attached hydrogens (tertiary/aromatic N) is 2. The zero-order chi connectivity index (χ0) is 13.1. The zero-order valence-corrected chi connectivity index (χ0v) is 11.4. The van der Waals surface area contributed by atoms with E-state index in [1.165, 1.54) is 5.69 Å². The summed E-state index contributed by atoms with van der Waals surface area (Å²) in [6, 6.07) is 0.299. The number of aromatic nitrogens is 2. The van der Waals surface area contributed by atoms with Crippen LogP contribution >= 0.6 is 0 Å². The van der Waals surface area contributed by atoms with Gasteiger partial charge in [-0.05, 0) is 33.6 Å². The summed E-state index contributed by atoms with van der Waals surface area (Å²) >= 11 is 0. The number of hydrogen-bond acceptors (Lipinski definition) is 2. The molecule has 0 spiro atoms. The molecule has 0 aromatic carbocycles. The average molecular weight is 250 g/mol. The molecule has 2 rings (SSSR count). The summed E-state index contributed by atoms with van der Waals surface area (Å²) in [6.07, 6.45) is 4.73. The van der Waals surface area contributed by atoms with Crippen LogP contribution in [0.4, 0.5) is 4.79 Å². The molecule has 0 fully saturated rings. The van der Waals surface area contributed by atoms with E-state index in [2.05, 4.69) is 27.1 Å². The van der Waals surface area contributed by atoms with Crippen LogP contribution in [0, 0.1) is 0 Å². The molecule has 1 atom stereocenters. The van der Waals surface area contributed by atoms with Crippen molar-refractivity contribution in [2.75, 3.05) is 0 Å². The second-order valence-electron chi connectivity index (χ2n) is 5.14. The lowest BCUT2D eigenvalue weighted by Crippen LogP contribution is -2.46. The minimum atomic E-state index is -0.0756. The number of carbonyl (C=O) groups excluding carboxylic acids is 1. The third kappa shape index (κ3) is 2.83. The van der Waals surface area contributed by atoms with Crippen LogP contribution in [-0.2, 0) is 19.4 Å². The molecule has 2 amide bonds. The van der Waals surface area contributed by atoms with Crippen molar-refractivity contribution in [2.45, 2.75) is 58.7 Å². The summed E-state index contributed by atoms with van der Waals surface area (Å²) in [6.45, 7) is 7.01. The number of imidazole rings is 1. The highest BCUT2D eigenvalue weighted by atomic mass is 16.2. The number of rotatable bonds is 3. The van der Waals surface area contributed by atoms with Gasteiger partial charge in [0, 0.05) is 30.7 Å². The Balaban J connectivity index is 1.94. The van der Waals surface area contributed by atoms with Gasteiger partial charge >= 0.3 is 6.03 Å². The average Bonchev–Trinajstić information content (AvgIpc) is 2.69. The fraction of sp³-hybridized carbons (Fsp3) is 0.692. The first-order valence-corrected chi connectivity index (χ1v) is 6.70. The predicted molar refractivity (Wildman–Crippen MR) is 70.5 cm³/mol. The van der Waals surface area contributed by atoms with Crippen LogP contribution in [0.3, 0.4) is 0 Å². The highest BCUT2D eigenvalue weighted by Crippen LogP contribution is 2.20. The van der Waals surface area contributed by atoms with E-state index in [-0.39, 0.29) is 18.1 Å². The minimum absolute atomic E-state index is 0.0756. The van der Waals surface area contributed by atoms with Gasteiger partial charge in [-0.25, -0.2) is 9.78 Å². The normalized spacial score (nSPS) is 18.6. The Morgan fingerprint density at radius 3 is 3.06 bits per heavy atom. The maximum atomic E-state index is 11.6. The van der Waals surface area contributed by atoms with Gasteiger partial charge in [-0.15, -0.1) is 0 Å². The van der Waals surface area contributed by atoms with Gasteiger partial charge in [0.15, 0.2) is 0 Å². The van der Waals surface area contributed by atoms with Crippen molar-refractivity contribution >= 4 is 6.03 Å². The minimum Gasteiger partial charge on any atom is -0.336 e. The van der Waals surface area contributed by atoms with Crippen molar-refractivity contribution in [1.29, 1.82) is 0 Å². The molecule has 5 nitrogen and oxygen atoms in total. The molecule has 1 unspecified atom stereocenters. The van der Waals surface area contributed by atoms with Gasteiger partial charge in [0.05, 0.1) is 12.0 Å². The third-order valence-electron chi connectivity index (χ3n) is 3.30. The SMILES string of the molecule is CCn1cnc2c1CCC(NC(=O)NC(C)C)C2. The lowest BCUT2D eigenvalue weighted by Gasteiger charge is -2.24. The van der Waals surface area contributed by atoms with E-state index in [9.17, 15) is 4.79 Å². The summed E-state index contributed by atoms with van der Waals surface area (Å²) in [5.74, 6) is 0. The smallest absolute Gasteiger partial charge is 0.315 e. The van der Waals surface area contributed by atoms with E-state index in [0.717, 1.165) is 31.5 Å². The van der Waals surface area contributed by atoms with Crippen LogP contribution in [0.5, 0.6) is 0 Å². The standard InChI is InChI=1S/C13H22N4O/c1-4-17-8-14-11-7-10(5-6-12(11)17)16-13(18)15-9(2)3/h8-10H,4-7H2,1-3H3,(H2,15,16,18). The summed E-state index contributed by atoms with van der Waals surface area (Å²) < 4.78 is 2.19. The lowest BCUT2D eigenvalue weighted by atomic mass is 9.96. The van der Waals surface area contributed by atoms with Gasteiger partial charge in [-0.3, -0.25) is 0 Å². The topological polar surface area (TPSA) is 59.0 Å². The van der Waals surface area contributed by atoms with Gasteiger partial charge in [0.25, 0.3) is 0 Å². The number of aryl methyl sites for hydroxylation is 1. The number of amides is 2. The Morgan fingerprint density at radius 1 is 1.61 bits per heavy atom. The molecule has 1 aliphatic rings. The van der Waals surface area contributed by atoms with Crippen molar-refractivity contribution in [3.05, 3.63) is 17.7 Å². The van der Waals surface area contributed by atoms with Crippen molar-refractivity contribution < 1.29 is 4.79 Å². The Labute approximate surface area is 108 Å². The van der Waals surface area contributed by atoms with Crippen molar-refractivity contribution in [3.63, 3.8) is 0 Å². The molecule has 1 aliphatic carbocycles. The third-order valence-corrected chi connectivity index (χ3v) is 3.30. The maximum absolute atomic E-state index is 11.6. The summed E-state index contributed by atoms with van der Waals surface area (Å²) in [5.41, 5.74) is 2.47. The number of nitrogens with one attached hydrogen (secondary N) is 2. The highest BCUT2D eigenvalue weighted by Gasteiger charge is 2.23. The van der Waals surface area contributed by atoms with Crippen molar-refractivity contribution in [3.8, 4) is 0 Å². The van der Waals surface area contributed by atoms with Gasteiger partial charge in [-0.1, -0.05) is 0 Å². The van der Waals surface area contributed by atoms with Crippen LogP contribution in [0.15, 0.2) is 6.33 Å². The van der Waals surface area contributed by atoms with Crippen LogP contribution in [0.1, 0.15) is 38.6 Å². The first-order valence-electron chi connectivity index (χ1n) is 6.70. The number of fused-ring (bicyclic) bond motifs is 1. The molecule has 1 aromatic heterocycles. The first-order chi connectivity index (χ1) is 8.60. The van der Waals surface area contributed by atoms with E-state index in [0.29, 0.717) is 0 Å². The van der Waals surface area contributed by atoms with Crippen LogP contribution in [-0.4, -0.2) is 27.7 Å². The zero-order valence-electron chi connectivity index (χ0n) is 11.4. The van der Waals surface area contributed by atoms with Gasteiger partial charge in [0.1, 0.15) is 0 Å². The highest BCUT2D eigenvalue weighted by molar-refractivity contribution is 5.74. The monoisotopic (exact) mass is 250 g/mol. The summed E-state index contributed by atoms with van der Waals surface area (Å²) in [4.78, 5) is 16.1. The van der Waals surface area contributed by atoms with Crippen molar-refractivity contribution in [2.24, 2.45) is 0 Å². The Hall–Kier alpha value is -1.52. The fourth-order valence-corrected chi connectivity index (χ4v) is 2.44. The first kappa shape index (κ1) is 12.9. The molecule has 0 saturated carbocycles. The molecule has 0 saturated heterocycles. The van der Waals surface area contributed by atoms with Crippen LogP contribution in [0.2, 0.25) is 0 Å². The molecule has 2 N–H and O–H groups in total. The summed E-state index contributed by atoms with van der Waals surface area (Å²) in [5, 5.41) is 5.87. The van der Waals surface area contributed by atoms with E-state index in [1.807, 2.05) is 20.2 Å². The molecular formula is C13H22N4O. The van der Waals surface area contributed by atoms with Gasteiger partial charge in [-0.2, -0.15) is 0 Å². The Bertz CT molecular complexity index is 425. The molecule has 1 aromatic rings. The molecular weight excluding hydrogens is 228 g/mol. The molecule has 0 aliphatic heterocycles. The number of carbonyl (C=O) groups is 1. The Morgan fingerprint density at radius 2 is 2.39 bits per heavy atom. The molecule has 100 valence electrons. The lowest BCUT2D eigenvalue weighted by molar-refractivity contribution is 0.233. The van der Waals surface area contributed by atoms with Gasteiger partial charge in [0.2, 0.25) is 0 Å². The van der Waals surface area contributed by atoms with E-state index >= 15 is 0 Å². The quantitative estimate of drug-likeness (QED) is 0.853. The maximum Gasteiger partial charge on any atom is 0.315 e. The second-order valence-corrected chi connectivity index (χ2v) is 5.14. The molecule has 5 heteroatoms. The van der Waals surface area contributed by atoms with E-state index in [4.69, 9.17) is 0 Å². The molecule has 0 radical (unpaired) electrons. The number of hydrogen-bond donors (Lipinski definition) is 2. The van der Waals surface area contributed by atoms with Crippen molar-refractivity contribution in [1.82, 2.24) is 20.2 Å². The fourth-order valence-electron chi connectivity index (χ4n) is 2.44. The van der Waals surface area contributed by atoms with E-state index in [1.54, 1.807) is 0 Å². The second kappa shape index (κ2) is 5.42. The summed E-state index contributed by atoms with van der Waals surface area (Å²) in [7, 11) is 0. The largest absolute Gasteiger partial charge is 0.336 e. The molecule has 18 heavy (non-hydrogen) atoms. The van der Waals surface area contributed by atoms with Gasteiger partial charge < -0.3 is 15.2 Å². The number of urea groups is 1. The molecule has 1 heterocycles. The molecule has 0 bridgehead atoms. The van der Waals surface area contributed by atoms with Crippen LogP contribution < -0.4 is 10.6 Å². The predicted octanol–water partition coefficient (Wildman–Crippen LogP) is 1.47. The van der Waals surface area contributed by atoms with Crippen LogP contribution in [0.25, 0.3) is 0 Å². The van der Waals surface area contributed by atoms with E-state index < -0.39 is 0 Å². The Kier molecular flexibility index (Phi) is 3.89.